The van der Waals surface area contributed by atoms with Crippen molar-refractivity contribution in [2.45, 2.75) is 25.7 Å². The van der Waals surface area contributed by atoms with Crippen molar-refractivity contribution in [3.63, 3.8) is 0 Å². The first-order valence-electron chi connectivity index (χ1n) is 8.71. The number of nitrogens with zero attached hydrogens (tertiary/aromatic N) is 3. The summed E-state index contributed by atoms with van der Waals surface area (Å²) in [5, 5.41) is 9.44. The molecule has 1 aromatic heterocycles. The molecule has 0 amide bonds. The first kappa shape index (κ1) is 18.9. The van der Waals surface area contributed by atoms with E-state index < -0.39 is 0 Å². The fourth-order valence-electron chi connectivity index (χ4n) is 3.35. The molecule has 27 heavy (non-hydrogen) atoms. The van der Waals surface area contributed by atoms with Crippen molar-refractivity contribution >= 4 is 27.3 Å². The molecule has 0 aliphatic carbocycles. The Morgan fingerprint density at radius 3 is 2.70 bits per heavy atom. The predicted octanol–water partition coefficient (Wildman–Crippen LogP) is 4.22. The first-order valence-corrected chi connectivity index (χ1v) is 9.50. The first-order chi connectivity index (χ1) is 13.1. The monoisotopic (exact) mass is 421 g/mol. The molecule has 0 bridgehead atoms. The fourth-order valence-corrected chi connectivity index (χ4v) is 3.93. The Kier molecular flexibility index (Phi) is 5.72. The van der Waals surface area contributed by atoms with Crippen LogP contribution in [0, 0.1) is 11.3 Å². The van der Waals surface area contributed by atoms with Crippen LogP contribution >= 0.6 is 15.9 Å². The van der Waals surface area contributed by atoms with Gasteiger partial charge in [-0.2, -0.15) is 5.26 Å². The Hall–Kier alpha value is -2.91. The van der Waals surface area contributed by atoms with Crippen molar-refractivity contribution in [1.29, 1.82) is 5.26 Å². The van der Waals surface area contributed by atoms with Gasteiger partial charge in [-0.05, 0) is 46.1 Å². The summed E-state index contributed by atoms with van der Waals surface area (Å²) in [6.07, 6.45) is 4.96. The summed E-state index contributed by atoms with van der Waals surface area (Å²) < 4.78 is 0.732. The average Bonchev–Trinajstić information content (AvgIpc) is 2.69. The number of halogens is 1. The normalized spacial score (nSPS) is 18.3. The van der Waals surface area contributed by atoms with E-state index in [-0.39, 0.29) is 5.92 Å². The lowest BCUT2D eigenvalue weighted by Crippen LogP contribution is -2.27. The number of nitrogens with two attached hydrogens (primary N) is 2. The van der Waals surface area contributed by atoms with Gasteiger partial charge in [0, 0.05) is 39.6 Å². The van der Waals surface area contributed by atoms with Gasteiger partial charge in [-0.1, -0.05) is 31.5 Å². The number of hydrogen-bond donors (Lipinski definition) is 2. The minimum Gasteiger partial charge on any atom is -0.404 e. The molecular formula is C21H20BrN5. The van der Waals surface area contributed by atoms with E-state index in [4.69, 9.17) is 11.5 Å². The lowest BCUT2D eigenvalue weighted by molar-refractivity contribution is 0.864. The molecule has 1 aliphatic rings. The molecule has 1 aromatic carbocycles. The molecule has 2 heterocycles. The van der Waals surface area contributed by atoms with Crippen LogP contribution in [0.25, 0.3) is 5.57 Å². The highest BCUT2D eigenvalue weighted by atomic mass is 79.9. The van der Waals surface area contributed by atoms with Gasteiger partial charge in [0.2, 0.25) is 0 Å². The van der Waals surface area contributed by atoms with Crippen LogP contribution in [-0.4, -0.2) is 10.8 Å². The average molecular weight is 422 g/mol. The molecule has 0 fully saturated rings. The topological polar surface area (TPSA) is 101 Å². The van der Waals surface area contributed by atoms with Crippen molar-refractivity contribution in [2.24, 2.45) is 16.5 Å². The number of rotatable bonds is 4. The van der Waals surface area contributed by atoms with E-state index in [2.05, 4.69) is 38.9 Å². The molecule has 1 atom stereocenters. The summed E-state index contributed by atoms with van der Waals surface area (Å²) in [5.41, 5.74) is 17.1. The number of pyridine rings is 1. The third-order valence-corrected chi connectivity index (χ3v) is 5.41. The molecule has 1 unspecified atom stereocenters. The summed E-state index contributed by atoms with van der Waals surface area (Å²) in [7, 11) is 0. The number of aliphatic imine (C=N–C) groups is 1. The van der Waals surface area contributed by atoms with Crippen LogP contribution in [0.3, 0.4) is 0 Å². The molecular weight excluding hydrogens is 402 g/mol. The second-order valence-electron chi connectivity index (χ2n) is 6.20. The molecule has 0 saturated heterocycles. The van der Waals surface area contributed by atoms with E-state index in [1.54, 1.807) is 12.3 Å². The van der Waals surface area contributed by atoms with Gasteiger partial charge >= 0.3 is 0 Å². The largest absolute Gasteiger partial charge is 0.404 e. The second kappa shape index (κ2) is 8.19. The Morgan fingerprint density at radius 2 is 2.07 bits per heavy atom. The number of allylic oxidation sites excluding steroid dienone is 2. The van der Waals surface area contributed by atoms with Gasteiger partial charge in [0.1, 0.15) is 11.9 Å². The maximum Gasteiger partial charge on any atom is 0.129 e. The maximum atomic E-state index is 9.44. The van der Waals surface area contributed by atoms with Crippen LogP contribution in [0.15, 0.2) is 69.5 Å². The van der Waals surface area contributed by atoms with Crippen molar-refractivity contribution in [3.05, 3.63) is 81.4 Å². The summed E-state index contributed by atoms with van der Waals surface area (Å²) in [6.45, 7) is 2.10. The summed E-state index contributed by atoms with van der Waals surface area (Å²) in [5.74, 6) is 0.145. The van der Waals surface area contributed by atoms with Gasteiger partial charge in [-0.25, -0.2) is 4.99 Å². The van der Waals surface area contributed by atoms with Gasteiger partial charge in [-0.15, -0.1) is 0 Å². The van der Waals surface area contributed by atoms with E-state index in [0.29, 0.717) is 17.0 Å². The zero-order chi connectivity index (χ0) is 19.4. The van der Waals surface area contributed by atoms with Crippen molar-refractivity contribution < 1.29 is 0 Å². The maximum absolute atomic E-state index is 9.44. The predicted molar refractivity (Wildman–Crippen MR) is 112 cm³/mol. The van der Waals surface area contributed by atoms with Crippen molar-refractivity contribution in [1.82, 2.24) is 4.98 Å². The van der Waals surface area contributed by atoms with Crippen LogP contribution in [0.5, 0.6) is 0 Å². The highest BCUT2D eigenvalue weighted by molar-refractivity contribution is 9.10. The van der Waals surface area contributed by atoms with Gasteiger partial charge in [0.15, 0.2) is 0 Å². The van der Waals surface area contributed by atoms with Crippen LogP contribution in [0.4, 0.5) is 0 Å². The van der Waals surface area contributed by atoms with Gasteiger partial charge in [0.25, 0.3) is 0 Å². The Labute approximate surface area is 167 Å². The summed E-state index contributed by atoms with van der Waals surface area (Å²) in [4.78, 5) is 9.20. The number of amidine groups is 1. The van der Waals surface area contributed by atoms with Crippen LogP contribution < -0.4 is 11.5 Å². The summed E-state index contributed by atoms with van der Waals surface area (Å²) in [6, 6.07) is 13.6. The fraction of sp³-hybridized carbons (Fsp3) is 0.190. The number of hydrogen-bond acceptors (Lipinski definition) is 5. The highest BCUT2D eigenvalue weighted by Crippen LogP contribution is 2.45. The Balaban J connectivity index is 2.34. The molecule has 3 rings (SSSR count). The minimum atomic E-state index is -0.258. The highest BCUT2D eigenvalue weighted by Gasteiger charge is 2.33. The standard InChI is InChI=1S/C21H20BrN5/c1-2-6-17-19(16-9-3-4-10-26-16)18(15(12-24)21(25)27-17)14-8-5-7-13(11-23)20(14)22/h3-5,7-10,12,18H,2,6,24H2,1H3,(H2,25,27)/b15-12-. The molecule has 0 radical (unpaired) electrons. The molecule has 4 N–H and O–H groups in total. The van der Waals surface area contributed by atoms with E-state index >= 15 is 0 Å². The van der Waals surface area contributed by atoms with E-state index in [1.165, 1.54) is 6.20 Å². The smallest absolute Gasteiger partial charge is 0.129 e. The second-order valence-corrected chi connectivity index (χ2v) is 6.99. The van der Waals surface area contributed by atoms with Crippen LogP contribution in [0.2, 0.25) is 0 Å². The molecule has 5 nitrogen and oxygen atoms in total. The number of aromatic nitrogens is 1. The van der Waals surface area contributed by atoms with Gasteiger partial charge in [0.05, 0.1) is 11.3 Å². The molecule has 1 aliphatic heterocycles. The van der Waals surface area contributed by atoms with Crippen molar-refractivity contribution in [2.75, 3.05) is 0 Å². The Bertz CT molecular complexity index is 983. The quantitative estimate of drug-likeness (QED) is 0.770. The van der Waals surface area contributed by atoms with Gasteiger partial charge < -0.3 is 11.5 Å². The van der Waals surface area contributed by atoms with Crippen LogP contribution in [-0.2, 0) is 0 Å². The number of nitriles is 1. The molecule has 2 aromatic rings. The third-order valence-electron chi connectivity index (χ3n) is 4.53. The molecule has 0 spiro atoms. The SMILES string of the molecule is CCCC1=C(c2ccccn2)C(c2cccc(C#N)c2Br)/C(=C/N)C(N)=N1. The molecule has 136 valence electrons. The van der Waals surface area contributed by atoms with E-state index in [9.17, 15) is 5.26 Å². The zero-order valence-corrected chi connectivity index (χ0v) is 16.6. The van der Waals surface area contributed by atoms with Crippen LogP contribution in [0.1, 0.15) is 42.5 Å². The van der Waals surface area contributed by atoms with E-state index in [0.717, 1.165) is 39.8 Å². The minimum absolute atomic E-state index is 0.258. The molecule has 6 heteroatoms. The van der Waals surface area contributed by atoms with Crippen molar-refractivity contribution in [3.8, 4) is 6.07 Å². The third kappa shape index (κ3) is 3.51. The number of benzene rings is 1. The zero-order valence-electron chi connectivity index (χ0n) is 15.0. The van der Waals surface area contributed by atoms with E-state index in [1.807, 2.05) is 30.3 Å². The Morgan fingerprint density at radius 1 is 1.26 bits per heavy atom. The molecule has 0 saturated carbocycles. The van der Waals surface area contributed by atoms with Gasteiger partial charge in [-0.3, -0.25) is 4.98 Å². The summed E-state index contributed by atoms with van der Waals surface area (Å²) >= 11 is 3.60. The lowest BCUT2D eigenvalue weighted by atomic mass is 9.79. The lowest BCUT2D eigenvalue weighted by Gasteiger charge is -2.30.